The zero-order valence-corrected chi connectivity index (χ0v) is 6.93. The quantitative estimate of drug-likeness (QED) is 0.484. The van der Waals surface area contributed by atoms with Gasteiger partial charge in [-0.2, -0.15) is 0 Å². The van der Waals surface area contributed by atoms with Crippen LogP contribution in [0.3, 0.4) is 0 Å². The number of fused-ring (bicyclic) bond motifs is 1. The predicted octanol–water partition coefficient (Wildman–Crippen LogP) is 1.69. The molecular weight excluding hydrogens is 131 g/mol. The average molecular weight is 143 g/mol. The van der Waals surface area contributed by atoms with Gasteiger partial charge in [0.25, 0.3) is 0 Å². The van der Waals surface area contributed by atoms with Crippen LogP contribution in [0.25, 0.3) is 0 Å². The number of benzene rings is 1. The monoisotopic (exact) mass is 143 g/mol. The van der Waals surface area contributed by atoms with Gasteiger partial charge in [-0.3, -0.25) is 0 Å². The van der Waals surface area contributed by atoms with Crippen LogP contribution >= 0.6 is 0 Å². The van der Waals surface area contributed by atoms with E-state index in [0.29, 0.717) is 0 Å². The van der Waals surface area contributed by atoms with Crippen molar-refractivity contribution >= 4 is 12.7 Å². The second-order valence-corrected chi connectivity index (χ2v) is 3.30. The van der Waals surface area contributed by atoms with Crippen molar-refractivity contribution in [3.8, 4) is 0 Å². The zero-order chi connectivity index (χ0) is 7.68. The maximum absolute atomic E-state index is 2.35. The Morgan fingerprint density at radius 1 is 1.36 bits per heavy atom. The van der Waals surface area contributed by atoms with E-state index in [0.717, 1.165) is 0 Å². The summed E-state index contributed by atoms with van der Waals surface area (Å²) in [6.07, 6.45) is 3.86. The summed E-state index contributed by atoms with van der Waals surface area (Å²) in [6.45, 7) is 2.16. The lowest BCUT2D eigenvalue weighted by Gasteiger charge is -2.14. The summed E-state index contributed by atoms with van der Waals surface area (Å²) < 4.78 is 0. The van der Waals surface area contributed by atoms with Gasteiger partial charge in [-0.1, -0.05) is 47.5 Å². The van der Waals surface area contributed by atoms with Crippen LogP contribution in [0.15, 0.2) is 18.2 Å². The largest absolute Gasteiger partial charge is 0.151 e. The van der Waals surface area contributed by atoms with E-state index in [1.54, 1.807) is 0 Å². The van der Waals surface area contributed by atoms with E-state index in [1.165, 1.54) is 35.8 Å². The second-order valence-electron chi connectivity index (χ2n) is 3.30. The molecule has 1 aliphatic rings. The highest BCUT2D eigenvalue weighted by molar-refractivity contribution is 6.54. The van der Waals surface area contributed by atoms with Crippen molar-refractivity contribution in [1.82, 2.24) is 0 Å². The summed E-state index contributed by atoms with van der Waals surface area (Å²) in [6, 6.07) is 6.75. The fourth-order valence-electron chi connectivity index (χ4n) is 1.70. The van der Waals surface area contributed by atoms with Gasteiger partial charge in [-0.05, 0) is 13.3 Å². The highest BCUT2D eigenvalue weighted by Crippen LogP contribution is 2.10. The first-order chi connectivity index (χ1) is 5.36. The first-order valence-electron chi connectivity index (χ1n) is 4.29. The van der Waals surface area contributed by atoms with E-state index in [2.05, 4.69) is 32.4 Å². The summed E-state index contributed by atoms with van der Waals surface area (Å²) in [4.78, 5) is 0. The molecule has 1 radical (unpaired) electrons. The van der Waals surface area contributed by atoms with Crippen LogP contribution in [0, 0.1) is 6.92 Å². The third-order valence-corrected chi connectivity index (χ3v) is 2.31. The lowest BCUT2D eigenvalue weighted by molar-refractivity contribution is 0.905. The van der Waals surface area contributed by atoms with Gasteiger partial charge < -0.3 is 0 Å². The normalized spacial score (nSPS) is 15.4. The molecule has 0 unspecified atom stereocenters. The fraction of sp³-hybridized carbons (Fsp3) is 0.400. The molecule has 1 heterocycles. The van der Waals surface area contributed by atoms with E-state index >= 15 is 0 Å². The molecule has 0 nitrogen and oxygen atoms in total. The second kappa shape index (κ2) is 2.73. The van der Waals surface area contributed by atoms with Crippen LogP contribution in [0.2, 0.25) is 6.32 Å². The summed E-state index contributed by atoms with van der Waals surface area (Å²) in [5.74, 6) is 0. The molecule has 0 aliphatic carbocycles. The molecular formula is C10H12B. The van der Waals surface area contributed by atoms with Gasteiger partial charge in [0, 0.05) is 0 Å². The average Bonchev–Trinajstić information content (AvgIpc) is 2.04. The Balaban J connectivity index is 2.43. The number of hydrogen-bond acceptors (Lipinski definition) is 0. The van der Waals surface area contributed by atoms with Gasteiger partial charge in [0.1, 0.15) is 0 Å². The van der Waals surface area contributed by atoms with Crippen LogP contribution < -0.4 is 5.46 Å². The first-order valence-corrected chi connectivity index (χ1v) is 4.29. The molecule has 11 heavy (non-hydrogen) atoms. The van der Waals surface area contributed by atoms with E-state index < -0.39 is 0 Å². The molecule has 0 spiro atoms. The highest BCUT2D eigenvalue weighted by Gasteiger charge is 2.08. The Labute approximate surface area is 68.9 Å². The Bertz CT molecular complexity index is 266. The van der Waals surface area contributed by atoms with Crippen molar-refractivity contribution in [2.45, 2.75) is 26.1 Å². The van der Waals surface area contributed by atoms with Crippen LogP contribution in [-0.2, 0) is 6.42 Å². The molecule has 0 atom stereocenters. The molecule has 2 rings (SSSR count). The van der Waals surface area contributed by atoms with Gasteiger partial charge in [0.15, 0.2) is 7.28 Å². The summed E-state index contributed by atoms with van der Waals surface area (Å²) in [5.41, 5.74) is 4.39. The predicted molar refractivity (Wildman–Crippen MR) is 49.7 cm³/mol. The topological polar surface area (TPSA) is 0 Å². The third kappa shape index (κ3) is 1.32. The molecule has 1 aliphatic heterocycles. The molecule has 0 bridgehead atoms. The van der Waals surface area contributed by atoms with Gasteiger partial charge in [-0.15, -0.1) is 0 Å². The maximum Gasteiger partial charge on any atom is 0.151 e. The summed E-state index contributed by atoms with van der Waals surface area (Å²) in [5, 5.41) is 0. The van der Waals surface area contributed by atoms with Crippen LogP contribution in [-0.4, -0.2) is 7.28 Å². The maximum atomic E-state index is 2.35. The Kier molecular flexibility index (Phi) is 1.73. The standard InChI is InChI=1S/C10H12B/c1-8-4-5-10-9(7-8)3-2-6-11-10/h4-5,7H,2-3,6H2,1H3. The lowest BCUT2D eigenvalue weighted by Crippen LogP contribution is -2.23. The van der Waals surface area contributed by atoms with Gasteiger partial charge >= 0.3 is 0 Å². The minimum Gasteiger partial charge on any atom is -0.0846 e. The van der Waals surface area contributed by atoms with Crippen LogP contribution in [0.5, 0.6) is 0 Å². The van der Waals surface area contributed by atoms with E-state index in [9.17, 15) is 0 Å². The minimum absolute atomic E-state index is 1.26. The summed E-state index contributed by atoms with van der Waals surface area (Å²) in [7, 11) is 2.35. The van der Waals surface area contributed by atoms with Crippen LogP contribution in [0.4, 0.5) is 0 Å². The first kappa shape index (κ1) is 6.96. The molecule has 1 aromatic carbocycles. The van der Waals surface area contributed by atoms with E-state index in [1.807, 2.05) is 0 Å². The zero-order valence-electron chi connectivity index (χ0n) is 6.93. The van der Waals surface area contributed by atoms with Crippen molar-refractivity contribution in [2.24, 2.45) is 0 Å². The Morgan fingerprint density at radius 2 is 2.27 bits per heavy atom. The minimum atomic E-state index is 1.26. The molecule has 0 aromatic heterocycles. The number of hydrogen-bond donors (Lipinski definition) is 0. The molecule has 1 aromatic rings. The summed E-state index contributed by atoms with van der Waals surface area (Å²) >= 11 is 0. The number of rotatable bonds is 0. The van der Waals surface area contributed by atoms with Crippen molar-refractivity contribution in [1.29, 1.82) is 0 Å². The highest BCUT2D eigenvalue weighted by atomic mass is 14.0. The molecule has 0 N–H and O–H groups in total. The van der Waals surface area contributed by atoms with Crippen molar-refractivity contribution in [3.05, 3.63) is 29.3 Å². The lowest BCUT2D eigenvalue weighted by atomic mass is 9.60. The van der Waals surface area contributed by atoms with Crippen molar-refractivity contribution in [2.75, 3.05) is 0 Å². The molecule has 0 saturated carbocycles. The number of aryl methyl sites for hydroxylation is 2. The molecule has 0 saturated heterocycles. The van der Waals surface area contributed by atoms with Crippen LogP contribution in [0.1, 0.15) is 17.5 Å². The third-order valence-electron chi connectivity index (χ3n) is 2.31. The Morgan fingerprint density at radius 3 is 3.18 bits per heavy atom. The van der Waals surface area contributed by atoms with Crippen molar-refractivity contribution in [3.63, 3.8) is 0 Å². The SMILES string of the molecule is Cc1ccc2c(c1)CCC[B]2. The van der Waals surface area contributed by atoms with Gasteiger partial charge in [-0.25, -0.2) is 0 Å². The van der Waals surface area contributed by atoms with Gasteiger partial charge in [0.2, 0.25) is 0 Å². The molecule has 0 fully saturated rings. The molecule has 0 amide bonds. The van der Waals surface area contributed by atoms with Gasteiger partial charge in [0.05, 0.1) is 0 Å². The fourth-order valence-corrected chi connectivity index (χ4v) is 1.70. The van der Waals surface area contributed by atoms with Crippen molar-refractivity contribution < 1.29 is 0 Å². The smallest absolute Gasteiger partial charge is 0.0846 e. The van der Waals surface area contributed by atoms with E-state index in [4.69, 9.17) is 0 Å². The molecule has 55 valence electrons. The van der Waals surface area contributed by atoms with E-state index in [-0.39, 0.29) is 0 Å². The molecule has 1 heteroatoms. The Hall–Kier alpha value is -0.715.